The highest BCUT2D eigenvalue weighted by molar-refractivity contribution is 5.09. The highest BCUT2D eigenvalue weighted by Crippen LogP contribution is 2.39. The van der Waals surface area contributed by atoms with Crippen LogP contribution >= 0.6 is 0 Å². The molecule has 1 aromatic rings. The van der Waals surface area contributed by atoms with Gasteiger partial charge in [0.05, 0.1) is 6.54 Å². The zero-order valence-corrected chi connectivity index (χ0v) is 10.3. The third kappa shape index (κ3) is 2.59. The molecule has 5 nitrogen and oxygen atoms in total. The maximum Gasteiger partial charge on any atom is 0.415 e. The molecule has 1 saturated carbocycles. The van der Waals surface area contributed by atoms with Crippen molar-refractivity contribution in [2.45, 2.75) is 44.1 Å². The quantitative estimate of drug-likeness (QED) is 0.891. The van der Waals surface area contributed by atoms with E-state index in [1.807, 2.05) is 4.57 Å². The van der Waals surface area contributed by atoms with Crippen molar-refractivity contribution in [2.75, 3.05) is 13.1 Å². The van der Waals surface area contributed by atoms with Crippen molar-refractivity contribution < 1.29 is 18.3 Å². The minimum absolute atomic E-state index is 0.312. The number of aliphatic hydroxyl groups excluding tert-OH is 1. The minimum atomic E-state index is -4.57. The van der Waals surface area contributed by atoms with Crippen LogP contribution in [0, 0.1) is 0 Å². The lowest BCUT2D eigenvalue weighted by Crippen LogP contribution is -2.44. The summed E-state index contributed by atoms with van der Waals surface area (Å²) in [5.74, 6) is 2.14. The van der Waals surface area contributed by atoms with Gasteiger partial charge in [-0.1, -0.05) is 0 Å². The Morgan fingerprint density at radius 1 is 1.26 bits per heavy atom. The van der Waals surface area contributed by atoms with Crippen LogP contribution in [0.25, 0.3) is 0 Å². The first kappa shape index (κ1) is 12.9. The van der Waals surface area contributed by atoms with E-state index >= 15 is 0 Å². The van der Waals surface area contributed by atoms with Crippen molar-refractivity contribution in [3.63, 3.8) is 0 Å². The molecule has 0 aromatic carbocycles. The van der Waals surface area contributed by atoms with Gasteiger partial charge in [-0.25, -0.2) is 0 Å². The lowest BCUT2D eigenvalue weighted by atomic mass is 10.2. The average molecular weight is 276 g/mol. The SMILES string of the molecule is OC(CN1CCn2c(nnc2C2CC2)C1)C(F)(F)F. The summed E-state index contributed by atoms with van der Waals surface area (Å²) < 4.78 is 38.9. The van der Waals surface area contributed by atoms with Gasteiger partial charge in [0.25, 0.3) is 0 Å². The summed E-state index contributed by atoms with van der Waals surface area (Å²) in [6.45, 7) is 0.985. The molecule has 2 aliphatic rings. The summed E-state index contributed by atoms with van der Waals surface area (Å²) in [7, 11) is 0. The van der Waals surface area contributed by atoms with E-state index in [0.717, 1.165) is 18.7 Å². The van der Waals surface area contributed by atoms with Crippen molar-refractivity contribution in [3.8, 4) is 0 Å². The van der Waals surface area contributed by atoms with E-state index in [2.05, 4.69) is 10.2 Å². The fourth-order valence-corrected chi connectivity index (χ4v) is 2.38. The molecule has 19 heavy (non-hydrogen) atoms. The lowest BCUT2D eigenvalue weighted by molar-refractivity contribution is -0.209. The van der Waals surface area contributed by atoms with Crippen molar-refractivity contribution in [1.82, 2.24) is 19.7 Å². The van der Waals surface area contributed by atoms with Crippen LogP contribution in [0.1, 0.15) is 30.4 Å². The van der Waals surface area contributed by atoms with Gasteiger partial charge in [-0.3, -0.25) is 4.90 Å². The summed E-state index contributed by atoms with van der Waals surface area (Å²) in [6, 6.07) is 0. The molecule has 8 heteroatoms. The topological polar surface area (TPSA) is 54.2 Å². The number of halogens is 3. The molecular weight excluding hydrogens is 261 g/mol. The zero-order valence-electron chi connectivity index (χ0n) is 10.3. The number of hydrogen-bond acceptors (Lipinski definition) is 4. The average Bonchev–Trinajstić information content (AvgIpc) is 3.08. The van der Waals surface area contributed by atoms with Crippen LogP contribution in [0.5, 0.6) is 0 Å². The number of hydrogen-bond donors (Lipinski definition) is 1. The summed E-state index contributed by atoms with van der Waals surface area (Å²) in [5.41, 5.74) is 0. The predicted molar refractivity (Wildman–Crippen MR) is 59.3 cm³/mol. The van der Waals surface area contributed by atoms with Crippen molar-refractivity contribution >= 4 is 0 Å². The van der Waals surface area contributed by atoms with E-state index in [0.29, 0.717) is 31.4 Å². The monoisotopic (exact) mass is 276 g/mol. The fraction of sp³-hybridized carbons (Fsp3) is 0.818. The van der Waals surface area contributed by atoms with Crippen molar-refractivity contribution in [1.29, 1.82) is 0 Å². The van der Waals surface area contributed by atoms with E-state index in [4.69, 9.17) is 5.11 Å². The smallest absolute Gasteiger partial charge is 0.382 e. The molecule has 3 rings (SSSR count). The zero-order chi connectivity index (χ0) is 13.6. The van der Waals surface area contributed by atoms with Gasteiger partial charge in [0.15, 0.2) is 6.10 Å². The first-order chi connectivity index (χ1) is 8.95. The van der Waals surface area contributed by atoms with E-state index in [1.54, 1.807) is 4.90 Å². The Bertz CT molecular complexity index is 469. The Morgan fingerprint density at radius 3 is 2.63 bits per heavy atom. The molecule has 106 valence electrons. The van der Waals surface area contributed by atoms with Gasteiger partial charge >= 0.3 is 6.18 Å². The standard InChI is InChI=1S/C11H15F3N4O/c12-11(13,14)8(19)5-17-3-4-18-9(6-17)15-16-10(18)7-1-2-7/h7-8,19H,1-6H2. The van der Waals surface area contributed by atoms with E-state index in [1.165, 1.54) is 0 Å². The number of fused-ring (bicyclic) bond motifs is 1. The third-order valence-corrected chi connectivity index (χ3v) is 3.61. The second-order valence-corrected chi connectivity index (χ2v) is 5.19. The van der Waals surface area contributed by atoms with Crippen LogP contribution in [-0.4, -0.2) is 50.1 Å². The summed E-state index contributed by atoms with van der Waals surface area (Å²) in [6.07, 6.45) is -4.63. The van der Waals surface area contributed by atoms with Gasteiger partial charge in [-0.05, 0) is 12.8 Å². The predicted octanol–water partition coefficient (Wildman–Crippen LogP) is 0.894. The number of rotatable bonds is 3. The van der Waals surface area contributed by atoms with E-state index in [-0.39, 0.29) is 0 Å². The number of aliphatic hydroxyl groups is 1. The molecule has 1 aromatic heterocycles. The lowest BCUT2D eigenvalue weighted by Gasteiger charge is -2.29. The summed E-state index contributed by atoms with van der Waals surface area (Å²) in [5, 5.41) is 17.2. The second kappa shape index (κ2) is 4.45. The van der Waals surface area contributed by atoms with Gasteiger partial charge in [-0.15, -0.1) is 10.2 Å². The van der Waals surface area contributed by atoms with E-state index in [9.17, 15) is 13.2 Å². The highest BCUT2D eigenvalue weighted by atomic mass is 19.4. The first-order valence-corrected chi connectivity index (χ1v) is 6.34. The molecule has 2 heterocycles. The van der Waals surface area contributed by atoms with Gasteiger partial charge in [0.2, 0.25) is 0 Å². The van der Waals surface area contributed by atoms with Crippen LogP contribution in [0.3, 0.4) is 0 Å². The third-order valence-electron chi connectivity index (χ3n) is 3.61. The largest absolute Gasteiger partial charge is 0.415 e. The highest BCUT2D eigenvalue weighted by Gasteiger charge is 2.40. The van der Waals surface area contributed by atoms with E-state index < -0.39 is 18.8 Å². The number of aromatic nitrogens is 3. The van der Waals surface area contributed by atoms with Crippen molar-refractivity contribution in [3.05, 3.63) is 11.6 Å². The maximum atomic E-state index is 12.3. The maximum absolute atomic E-state index is 12.3. The van der Waals surface area contributed by atoms with Crippen LogP contribution in [0.2, 0.25) is 0 Å². The molecule has 0 radical (unpaired) electrons. The molecule has 1 aliphatic heterocycles. The summed E-state index contributed by atoms with van der Waals surface area (Å²) >= 11 is 0. The Labute approximate surface area is 108 Å². The first-order valence-electron chi connectivity index (χ1n) is 6.34. The Morgan fingerprint density at radius 2 is 2.00 bits per heavy atom. The van der Waals surface area contributed by atoms with Crippen LogP contribution in [0.4, 0.5) is 13.2 Å². The van der Waals surface area contributed by atoms with Gasteiger partial charge in [0.1, 0.15) is 11.6 Å². The molecule has 0 spiro atoms. The fourth-order valence-electron chi connectivity index (χ4n) is 2.38. The molecule has 0 bridgehead atoms. The molecular formula is C11H15F3N4O. The molecule has 1 aliphatic carbocycles. The van der Waals surface area contributed by atoms with Gasteiger partial charge < -0.3 is 9.67 Å². The molecule has 1 unspecified atom stereocenters. The molecule has 1 fully saturated rings. The Balaban J connectivity index is 1.66. The molecule has 1 N–H and O–H groups in total. The Kier molecular flexibility index (Phi) is 3.01. The minimum Gasteiger partial charge on any atom is -0.382 e. The molecule has 0 saturated heterocycles. The number of nitrogens with zero attached hydrogens (tertiary/aromatic N) is 4. The second-order valence-electron chi connectivity index (χ2n) is 5.19. The van der Waals surface area contributed by atoms with Crippen molar-refractivity contribution in [2.24, 2.45) is 0 Å². The normalized spacial score (nSPS) is 22.3. The van der Waals surface area contributed by atoms with Crippen LogP contribution in [-0.2, 0) is 13.1 Å². The summed E-state index contributed by atoms with van der Waals surface area (Å²) in [4.78, 5) is 1.57. The van der Waals surface area contributed by atoms with Gasteiger partial charge in [0, 0.05) is 25.6 Å². The Hall–Kier alpha value is -1.15. The molecule has 0 amide bonds. The number of β-amino-alcohol motifs (C(OH)–C–C–N with tert-alkyl or cyclic N) is 1. The van der Waals surface area contributed by atoms with Gasteiger partial charge in [-0.2, -0.15) is 13.2 Å². The van der Waals surface area contributed by atoms with Crippen LogP contribution in [0.15, 0.2) is 0 Å². The van der Waals surface area contributed by atoms with Crippen LogP contribution < -0.4 is 0 Å². The number of alkyl halides is 3. The molecule has 1 atom stereocenters.